The van der Waals surface area contributed by atoms with E-state index in [1.54, 1.807) is 0 Å². The number of carboxylic acids is 1. The van der Waals surface area contributed by atoms with Crippen LogP contribution in [-0.4, -0.2) is 33.5 Å². The largest absolute Gasteiger partial charge is 0.481 e. The molecule has 0 aliphatic heterocycles. The van der Waals surface area contributed by atoms with Gasteiger partial charge in [0.2, 0.25) is 0 Å². The van der Waals surface area contributed by atoms with Gasteiger partial charge in [-0.1, -0.05) is 13.3 Å². The number of H-pyrrole nitrogens is 1. The molecule has 1 rings (SSSR count). The highest BCUT2D eigenvalue weighted by Crippen LogP contribution is 2.06. The zero-order valence-corrected chi connectivity index (χ0v) is 9.06. The Morgan fingerprint density at radius 2 is 2.38 bits per heavy atom. The van der Waals surface area contributed by atoms with Gasteiger partial charge in [0, 0.05) is 13.0 Å². The van der Waals surface area contributed by atoms with Gasteiger partial charge in [-0.2, -0.15) is 0 Å². The molecular formula is C10H15N3O3. The minimum absolute atomic E-state index is 0.0376. The molecule has 0 spiro atoms. The number of hydrogen-bond donors (Lipinski definition) is 3. The number of aromatic nitrogens is 2. The topological polar surface area (TPSA) is 95.1 Å². The fourth-order valence-electron chi connectivity index (χ4n) is 1.32. The van der Waals surface area contributed by atoms with Crippen LogP contribution < -0.4 is 5.32 Å². The smallest absolute Gasteiger partial charge is 0.303 e. The number of aromatic amines is 1. The van der Waals surface area contributed by atoms with Crippen LogP contribution in [0.4, 0.5) is 0 Å². The Labute approximate surface area is 93.1 Å². The summed E-state index contributed by atoms with van der Waals surface area (Å²) in [5.41, 5.74) is 0.380. The first-order chi connectivity index (χ1) is 7.63. The van der Waals surface area contributed by atoms with Crippen LogP contribution in [-0.2, 0) is 4.79 Å². The number of carbonyl (C=O) groups excluding carboxylic acids is 1. The van der Waals surface area contributed by atoms with Gasteiger partial charge in [-0.25, -0.2) is 4.98 Å². The zero-order valence-electron chi connectivity index (χ0n) is 9.06. The Bertz CT molecular complexity index is 348. The van der Waals surface area contributed by atoms with Gasteiger partial charge in [0.25, 0.3) is 5.91 Å². The molecule has 16 heavy (non-hydrogen) atoms. The van der Waals surface area contributed by atoms with Crippen LogP contribution in [0.2, 0.25) is 0 Å². The first-order valence-corrected chi connectivity index (χ1v) is 5.11. The molecular weight excluding hydrogens is 210 g/mol. The average molecular weight is 225 g/mol. The number of carbonyl (C=O) groups is 2. The molecule has 0 saturated heterocycles. The zero-order chi connectivity index (χ0) is 12.0. The molecule has 0 radical (unpaired) electrons. The van der Waals surface area contributed by atoms with Gasteiger partial charge < -0.3 is 15.4 Å². The van der Waals surface area contributed by atoms with Crippen LogP contribution in [0.3, 0.4) is 0 Å². The van der Waals surface area contributed by atoms with Crippen molar-refractivity contribution in [2.45, 2.75) is 19.8 Å². The lowest BCUT2D eigenvalue weighted by molar-refractivity contribution is -0.138. The van der Waals surface area contributed by atoms with Crippen LogP contribution in [0, 0.1) is 5.92 Å². The lowest BCUT2D eigenvalue weighted by Crippen LogP contribution is -2.30. The van der Waals surface area contributed by atoms with E-state index in [1.807, 2.05) is 6.92 Å². The Morgan fingerprint density at radius 3 is 2.88 bits per heavy atom. The van der Waals surface area contributed by atoms with Crippen molar-refractivity contribution in [3.63, 3.8) is 0 Å². The normalized spacial score (nSPS) is 12.1. The number of aliphatic carboxylic acids is 1. The number of hydrogen-bond acceptors (Lipinski definition) is 3. The molecule has 0 fully saturated rings. The summed E-state index contributed by atoms with van der Waals surface area (Å²) in [4.78, 5) is 28.4. The highest BCUT2D eigenvalue weighted by Gasteiger charge is 2.13. The summed E-state index contributed by atoms with van der Waals surface area (Å²) in [5, 5.41) is 11.3. The van der Waals surface area contributed by atoms with Gasteiger partial charge in [0.05, 0.1) is 12.5 Å². The molecule has 88 valence electrons. The summed E-state index contributed by atoms with van der Waals surface area (Å²) in [7, 11) is 0. The summed E-state index contributed by atoms with van der Waals surface area (Å²) >= 11 is 0. The second-order valence-corrected chi connectivity index (χ2v) is 3.55. The molecule has 1 aromatic heterocycles. The lowest BCUT2D eigenvalue weighted by atomic mass is 10.0. The third kappa shape index (κ3) is 3.72. The van der Waals surface area contributed by atoms with E-state index in [0.717, 1.165) is 6.42 Å². The number of rotatable bonds is 6. The number of carboxylic acid groups (broad SMARTS) is 1. The Balaban J connectivity index is 2.38. The molecule has 6 heteroatoms. The minimum Gasteiger partial charge on any atom is -0.481 e. The first-order valence-electron chi connectivity index (χ1n) is 5.11. The molecule has 1 unspecified atom stereocenters. The van der Waals surface area contributed by atoms with E-state index in [2.05, 4.69) is 15.3 Å². The van der Waals surface area contributed by atoms with Gasteiger partial charge in [-0.05, 0) is 5.92 Å². The summed E-state index contributed by atoms with van der Waals surface area (Å²) in [6, 6.07) is 0. The number of nitrogens with one attached hydrogen (secondary N) is 2. The molecule has 1 aromatic rings. The highest BCUT2D eigenvalue weighted by atomic mass is 16.4. The molecule has 0 aliphatic rings. The van der Waals surface area contributed by atoms with Gasteiger partial charge in [0.15, 0.2) is 0 Å². The van der Waals surface area contributed by atoms with E-state index in [-0.39, 0.29) is 18.2 Å². The molecule has 3 N–H and O–H groups in total. The predicted octanol–water partition coefficient (Wildman–Crippen LogP) is 0.640. The Morgan fingerprint density at radius 1 is 1.62 bits per heavy atom. The van der Waals surface area contributed by atoms with E-state index in [0.29, 0.717) is 12.2 Å². The first kappa shape index (κ1) is 12.2. The van der Waals surface area contributed by atoms with Crippen molar-refractivity contribution in [2.75, 3.05) is 6.54 Å². The predicted molar refractivity (Wildman–Crippen MR) is 57.0 cm³/mol. The maximum absolute atomic E-state index is 11.5. The number of nitrogens with zero attached hydrogens (tertiary/aromatic N) is 1. The molecule has 1 heterocycles. The van der Waals surface area contributed by atoms with Crippen LogP contribution in [0.5, 0.6) is 0 Å². The molecule has 6 nitrogen and oxygen atoms in total. The Hall–Kier alpha value is -1.85. The van der Waals surface area contributed by atoms with Crippen molar-refractivity contribution in [2.24, 2.45) is 5.92 Å². The van der Waals surface area contributed by atoms with Crippen molar-refractivity contribution < 1.29 is 14.7 Å². The van der Waals surface area contributed by atoms with Gasteiger partial charge in [-0.3, -0.25) is 9.59 Å². The van der Waals surface area contributed by atoms with Gasteiger partial charge in [-0.15, -0.1) is 0 Å². The van der Waals surface area contributed by atoms with Crippen LogP contribution >= 0.6 is 0 Å². The number of imidazole rings is 1. The van der Waals surface area contributed by atoms with E-state index < -0.39 is 5.97 Å². The van der Waals surface area contributed by atoms with Crippen molar-refractivity contribution in [1.29, 1.82) is 0 Å². The average Bonchev–Trinajstić information content (AvgIpc) is 2.76. The molecule has 0 aliphatic carbocycles. The molecule has 1 atom stereocenters. The maximum atomic E-state index is 11.5. The van der Waals surface area contributed by atoms with Crippen molar-refractivity contribution in [3.05, 3.63) is 18.2 Å². The molecule has 0 aromatic carbocycles. The Kier molecular flexibility index (Phi) is 4.50. The van der Waals surface area contributed by atoms with Crippen molar-refractivity contribution in [3.8, 4) is 0 Å². The molecule has 0 bridgehead atoms. The second kappa shape index (κ2) is 5.89. The standard InChI is InChI=1S/C10H15N3O3/c1-2-7(3-9(14)15)4-12-10(16)8-5-11-6-13-8/h5-7H,2-4H2,1H3,(H,11,13)(H,12,16)(H,14,15). The summed E-state index contributed by atoms with van der Waals surface area (Å²) < 4.78 is 0. The lowest BCUT2D eigenvalue weighted by Gasteiger charge is -2.12. The highest BCUT2D eigenvalue weighted by molar-refractivity contribution is 5.91. The van der Waals surface area contributed by atoms with Crippen LogP contribution in [0.15, 0.2) is 12.5 Å². The fourth-order valence-corrected chi connectivity index (χ4v) is 1.32. The second-order valence-electron chi connectivity index (χ2n) is 3.55. The van der Waals surface area contributed by atoms with E-state index in [1.165, 1.54) is 12.5 Å². The van der Waals surface area contributed by atoms with Crippen LogP contribution in [0.25, 0.3) is 0 Å². The van der Waals surface area contributed by atoms with E-state index >= 15 is 0 Å². The van der Waals surface area contributed by atoms with Crippen LogP contribution in [0.1, 0.15) is 30.3 Å². The third-order valence-corrected chi connectivity index (χ3v) is 2.33. The van der Waals surface area contributed by atoms with Gasteiger partial charge >= 0.3 is 5.97 Å². The maximum Gasteiger partial charge on any atom is 0.303 e. The quantitative estimate of drug-likeness (QED) is 0.662. The molecule has 0 saturated carbocycles. The van der Waals surface area contributed by atoms with E-state index in [4.69, 9.17) is 5.11 Å². The summed E-state index contributed by atoms with van der Waals surface area (Å²) in [5.74, 6) is -1.15. The monoisotopic (exact) mass is 225 g/mol. The van der Waals surface area contributed by atoms with E-state index in [9.17, 15) is 9.59 Å². The van der Waals surface area contributed by atoms with Crippen molar-refractivity contribution >= 4 is 11.9 Å². The van der Waals surface area contributed by atoms with Gasteiger partial charge in [0.1, 0.15) is 5.69 Å². The summed E-state index contributed by atoms with van der Waals surface area (Å²) in [6.07, 6.45) is 3.63. The minimum atomic E-state index is -0.845. The number of amides is 1. The fraction of sp³-hybridized carbons (Fsp3) is 0.500. The molecule has 1 amide bonds. The summed E-state index contributed by atoms with van der Waals surface area (Å²) in [6.45, 7) is 2.26. The van der Waals surface area contributed by atoms with Crippen molar-refractivity contribution in [1.82, 2.24) is 15.3 Å². The SMILES string of the molecule is CCC(CNC(=O)c1cnc[nH]1)CC(=O)O. The third-order valence-electron chi connectivity index (χ3n) is 2.33.